The zero-order valence-electron chi connectivity index (χ0n) is 16.2. The second-order valence-electron chi connectivity index (χ2n) is 6.30. The monoisotopic (exact) mass is 428 g/mol. The van der Waals surface area contributed by atoms with Crippen LogP contribution in [0.4, 0.5) is 5.69 Å². The molecule has 1 fully saturated rings. The number of thioether (sulfide) groups is 1. The fraction of sp³-hybridized carbons (Fsp3) is 0.190. The third-order valence-corrected chi connectivity index (χ3v) is 5.56. The molecule has 2 amide bonds. The SMILES string of the molecule is COc1ccc(C=C2SC(=S)N(CC(=O)Nc3cccc(C)c3)C2=O)cc1OC. The van der Waals surface area contributed by atoms with Crippen LogP contribution >= 0.6 is 24.0 Å². The van der Waals surface area contributed by atoms with Crippen molar-refractivity contribution in [1.29, 1.82) is 0 Å². The van der Waals surface area contributed by atoms with Crippen molar-refractivity contribution in [2.45, 2.75) is 6.92 Å². The number of hydrogen-bond acceptors (Lipinski definition) is 6. The van der Waals surface area contributed by atoms with Crippen LogP contribution in [-0.2, 0) is 9.59 Å². The average molecular weight is 429 g/mol. The molecule has 0 bridgehead atoms. The van der Waals surface area contributed by atoms with Crippen molar-refractivity contribution in [3.8, 4) is 11.5 Å². The van der Waals surface area contributed by atoms with E-state index in [1.807, 2.05) is 31.2 Å². The Hall–Kier alpha value is -2.84. The van der Waals surface area contributed by atoms with Crippen LogP contribution in [-0.4, -0.2) is 41.8 Å². The molecule has 0 saturated carbocycles. The van der Waals surface area contributed by atoms with E-state index in [1.165, 1.54) is 16.7 Å². The average Bonchev–Trinajstić information content (AvgIpc) is 2.95. The highest BCUT2D eigenvalue weighted by atomic mass is 32.2. The summed E-state index contributed by atoms with van der Waals surface area (Å²) in [5.41, 5.74) is 2.49. The molecule has 0 aliphatic carbocycles. The number of rotatable bonds is 6. The van der Waals surface area contributed by atoms with Crippen molar-refractivity contribution in [2.24, 2.45) is 0 Å². The van der Waals surface area contributed by atoms with Gasteiger partial charge in [-0.2, -0.15) is 0 Å². The van der Waals surface area contributed by atoms with Gasteiger partial charge in [0.05, 0.1) is 19.1 Å². The number of carbonyl (C=O) groups excluding carboxylic acids is 2. The molecular weight excluding hydrogens is 408 g/mol. The number of carbonyl (C=O) groups is 2. The maximum atomic E-state index is 12.8. The van der Waals surface area contributed by atoms with Crippen molar-refractivity contribution in [3.63, 3.8) is 0 Å². The molecule has 2 aromatic rings. The third kappa shape index (κ3) is 4.96. The minimum atomic E-state index is -0.306. The molecule has 8 heteroatoms. The van der Waals surface area contributed by atoms with Crippen molar-refractivity contribution in [3.05, 3.63) is 58.5 Å². The molecule has 1 aliphatic heterocycles. The fourth-order valence-electron chi connectivity index (χ4n) is 2.80. The number of benzene rings is 2. The lowest BCUT2D eigenvalue weighted by Gasteiger charge is -2.14. The summed E-state index contributed by atoms with van der Waals surface area (Å²) in [7, 11) is 3.11. The molecule has 3 rings (SSSR count). The quantitative estimate of drug-likeness (QED) is 0.557. The van der Waals surface area contributed by atoms with Gasteiger partial charge in [-0.05, 0) is 48.4 Å². The second kappa shape index (κ2) is 9.11. The van der Waals surface area contributed by atoms with Gasteiger partial charge in [0, 0.05) is 5.69 Å². The number of anilines is 1. The van der Waals surface area contributed by atoms with Crippen LogP contribution in [0.25, 0.3) is 6.08 Å². The normalized spacial score (nSPS) is 15.0. The van der Waals surface area contributed by atoms with Gasteiger partial charge in [-0.1, -0.05) is 42.2 Å². The largest absolute Gasteiger partial charge is 0.493 e. The molecule has 0 aromatic heterocycles. The standard InChI is InChI=1S/C21H20N2O4S2/c1-13-5-4-6-15(9-13)22-19(24)12-23-20(25)18(29-21(23)28)11-14-7-8-16(26-2)17(10-14)27-3/h4-11H,12H2,1-3H3,(H,22,24). The number of nitrogens with zero attached hydrogens (tertiary/aromatic N) is 1. The molecule has 0 atom stereocenters. The van der Waals surface area contributed by atoms with Gasteiger partial charge in [0.25, 0.3) is 5.91 Å². The Kier molecular flexibility index (Phi) is 6.56. The lowest BCUT2D eigenvalue weighted by atomic mass is 10.2. The molecule has 1 heterocycles. The Balaban J connectivity index is 1.72. The number of hydrogen-bond donors (Lipinski definition) is 1. The number of nitrogens with one attached hydrogen (secondary N) is 1. The second-order valence-corrected chi connectivity index (χ2v) is 7.98. The van der Waals surface area contributed by atoms with Crippen molar-refractivity contribution >= 4 is 51.9 Å². The van der Waals surface area contributed by atoms with Gasteiger partial charge in [0.1, 0.15) is 10.9 Å². The highest BCUT2D eigenvalue weighted by Gasteiger charge is 2.33. The summed E-state index contributed by atoms with van der Waals surface area (Å²) in [4.78, 5) is 26.9. The predicted octanol–water partition coefficient (Wildman–Crippen LogP) is 3.85. The minimum absolute atomic E-state index is 0.137. The highest BCUT2D eigenvalue weighted by molar-refractivity contribution is 8.26. The van der Waals surface area contributed by atoms with Crippen LogP contribution in [0.1, 0.15) is 11.1 Å². The summed E-state index contributed by atoms with van der Waals surface area (Å²) in [5, 5.41) is 2.79. The van der Waals surface area contributed by atoms with Gasteiger partial charge < -0.3 is 14.8 Å². The first-order chi connectivity index (χ1) is 13.9. The van der Waals surface area contributed by atoms with E-state index in [4.69, 9.17) is 21.7 Å². The van der Waals surface area contributed by atoms with Crippen molar-refractivity contribution in [1.82, 2.24) is 4.90 Å². The molecule has 150 valence electrons. The van der Waals surface area contributed by atoms with Gasteiger partial charge in [-0.3, -0.25) is 14.5 Å². The van der Waals surface area contributed by atoms with E-state index in [9.17, 15) is 9.59 Å². The number of amides is 2. The van der Waals surface area contributed by atoms with E-state index >= 15 is 0 Å². The lowest BCUT2D eigenvalue weighted by molar-refractivity contribution is -0.126. The molecule has 1 N–H and O–H groups in total. The fourth-order valence-corrected chi connectivity index (χ4v) is 4.05. The molecule has 0 unspecified atom stereocenters. The molecule has 6 nitrogen and oxygen atoms in total. The first-order valence-corrected chi connectivity index (χ1v) is 9.97. The van der Waals surface area contributed by atoms with Crippen LogP contribution in [0, 0.1) is 6.92 Å². The predicted molar refractivity (Wildman–Crippen MR) is 119 cm³/mol. The Morgan fingerprint density at radius 3 is 2.62 bits per heavy atom. The van der Waals surface area contributed by atoms with Gasteiger partial charge >= 0.3 is 0 Å². The zero-order valence-corrected chi connectivity index (χ0v) is 17.9. The number of aryl methyl sites for hydroxylation is 1. The van der Waals surface area contributed by atoms with Gasteiger partial charge in [-0.15, -0.1) is 0 Å². The van der Waals surface area contributed by atoms with E-state index in [0.29, 0.717) is 26.4 Å². The van der Waals surface area contributed by atoms with Gasteiger partial charge in [-0.25, -0.2) is 0 Å². The number of ether oxygens (including phenoxy) is 2. The zero-order chi connectivity index (χ0) is 21.0. The summed E-state index contributed by atoms with van der Waals surface area (Å²) in [5.74, 6) is 0.563. The molecule has 0 spiro atoms. The third-order valence-electron chi connectivity index (χ3n) is 4.18. The van der Waals surface area contributed by atoms with Crippen LogP contribution < -0.4 is 14.8 Å². The molecule has 1 aliphatic rings. The summed E-state index contributed by atoms with van der Waals surface area (Å²) in [6.45, 7) is 1.80. The van der Waals surface area contributed by atoms with Gasteiger partial charge in [0.15, 0.2) is 11.5 Å². The maximum absolute atomic E-state index is 12.8. The van der Waals surface area contributed by atoms with E-state index in [2.05, 4.69) is 5.32 Å². The molecule has 0 radical (unpaired) electrons. The van der Waals surface area contributed by atoms with Crippen molar-refractivity contribution in [2.75, 3.05) is 26.1 Å². The van der Waals surface area contributed by atoms with Crippen molar-refractivity contribution < 1.29 is 19.1 Å². The lowest BCUT2D eigenvalue weighted by Crippen LogP contribution is -2.36. The van der Waals surface area contributed by atoms with Crippen LogP contribution in [0.2, 0.25) is 0 Å². The first kappa shape index (κ1) is 20.9. The number of methoxy groups -OCH3 is 2. The summed E-state index contributed by atoms with van der Waals surface area (Å²) in [6.07, 6.45) is 1.72. The highest BCUT2D eigenvalue weighted by Crippen LogP contribution is 2.34. The van der Waals surface area contributed by atoms with Crippen LogP contribution in [0.5, 0.6) is 11.5 Å². The Labute approximate surface area is 178 Å². The Morgan fingerprint density at radius 1 is 1.17 bits per heavy atom. The summed E-state index contributed by atoms with van der Waals surface area (Å²) in [6, 6.07) is 12.8. The van der Waals surface area contributed by atoms with E-state index in [0.717, 1.165) is 11.1 Å². The summed E-state index contributed by atoms with van der Waals surface area (Å²) < 4.78 is 10.9. The maximum Gasteiger partial charge on any atom is 0.266 e. The minimum Gasteiger partial charge on any atom is -0.493 e. The van der Waals surface area contributed by atoms with Crippen LogP contribution in [0.3, 0.4) is 0 Å². The van der Waals surface area contributed by atoms with E-state index in [-0.39, 0.29) is 18.4 Å². The number of thiocarbonyl (C=S) groups is 1. The molecule has 2 aromatic carbocycles. The topological polar surface area (TPSA) is 67.9 Å². The smallest absolute Gasteiger partial charge is 0.266 e. The molecule has 1 saturated heterocycles. The van der Waals surface area contributed by atoms with Crippen LogP contribution in [0.15, 0.2) is 47.4 Å². The Bertz CT molecular complexity index is 1000. The van der Waals surface area contributed by atoms with Gasteiger partial charge in [0.2, 0.25) is 5.91 Å². The molecular formula is C21H20N2O4S2. The Morgan fingerprint density at radius 2 is 1.93 bits per heavy atom. The van der Waals surface area contributed by atoms with E-state index < -0.39 is 0 Å². The molecule has 29 heavy (non-hydrogen) atoms. The van der Waals surface area contributed by atoms with E-state index in [1.54, 1.807) is 38.5 Å². The summed E-state index contributed by atoms with van der Waals surface area (Å²) >= 11 is 6.47. The first-order valence-electron chi connectivity index (χ1n) is 8.75.